The summed E-state index contributed by atoms with van der Waals surface area (Å²) < 4.78 is 5.46. The maximum absolute atomic E-state index is 12.4. The van der Waals surface area contributed by atoms with Crippen LogP contribution in [0.3, 0.4) is 0 Å². The minimum Gasteiger partial charge on any atom is -0.480 e. The fourth-order valence-corrected chi connectivity index (χ4v) is 4.37. The molecule has 2 N–H and O–H groups in total. The molecule has 1 aliphatic carbocycles. The van der Waals surface area contributed by atoms with E-state index in [1.54, 1.807) is 18.2 Å². The van der Waals surface area contributed by atoms with Gasteiger partial charge in [-0.3, -0.25) is 0 Å². The molecule has 0 saturated heterocycles. The number of aliphatic carboxylic acids is 1. The normalized spacial score (nSPS) is 13.2. The van der Waals surface area contributed by atoms with Gasteiger partial charge in [-0.2, -0.15) is 0 Å². The van der Waals surface area contributed by atoms with Crippen LogP contribution < -0.4 is 5.32 Å². The molecule has 3 aromatic carbocycles. The third-order valence-electron chi connectivity index (χ3n) is 5.64. The number of alkyl carbamates (subject to hydrolysis) is 1. The molecule has 3 aromatic rings. The van der Waals surface area contributed by atoms with Gasteiger partial charge in [-0.1, -0.05) is 77.8 Å². The number of carbonyl (C=O) groups excluding carboxylic acids is 1. The molecule has 0 fully saturated rings. The summed E-state index contributed by atoms with van der Waals surface area (Å²) in [5.74, 6) is -1.22. The Balaban J connectivity index is 1.38. The number of carbonyl (C=O) groups is 2. The van der Waals surface area contributed by atoms with Crippen LogP contribution in [0.15, 0.2) is 66.7 Å². The van der Waals surface area contributed by atoms with Crippen molar-refractivity contribution in [2.75, 3.05) is 6.61 Å². The predicted octanol–water partition coefficient (Wildman–Crippen LogP) is 5.92. The molecular formula is C25H21Cl2NO4. The number of benzene rings is 3. The number of aryl methyl sites for hydroxylation is 1. The van der Waals surface area contributed by atoms with Gasteiger partial charge in [0.15, 0.2) is 0 Å². The molecule has 7 heteroatoms. The second-order valence-electron chi connectivity index (χ2n) is 7.65. The minimum absolute atomic E-state index is 0.0902. The molecule has 1 unspecified atom stereocenters. The number of ether oxygens (including phenoxy) is 1. The molecule has 0 aromatic heterocycles. The molecule has 5 nitrogen and oxygen atoms in total. The van der Waals surface area contributed by atoms with Crippen molar-refractivity contribution < 1.29 is 19.4 Å². The van der Waals surface area contributed by atoms with Gasteiger partial charge in [0.2, 0.25) is 0 Å². The van der Waals surface area contributed by atoms with Gasteiger partial charge < -0.3 is 15.2 Å². The molecule has 0 heterocycles. The first-order valence-electron chi connectivity index (χ1n) is 10.2. The van der Waals surface area contributed by atoms with Crippen molar-refractivity contribution in [2.45, 2.75) is 24.8 Å². The molecule has 164 valence electrons. The second-order valence-corrected chi connectivity index (χ2v) is 8.46. The van der Waals surface area contributed by atoms with E-state index in [1.807, 2.05) is 36.4 Å². The summed E-state index contributed by atoms with van der Waals surface area (Å²) in [6, 6.07) is 20.1. The summed E-state index contributed by atoms with van der Waals surface area (Å²) in [4.78, 5) is 24.1. The Labute approximate surface area is 195 Å². The number of fused-ring (bicyclic) bond motifs is 3. The van der Waals surface area contributed by atoms with Crippen LogP contribution in [-0.4, -0.2) is 29.8 Å². The van der Waals surface area contributed by atoms with Crippen LogP contribution in [0.4, 0.5) is 4.79 Å². The van der Waals surface area contributed by atoms with Crippen molar-refractivity contribution in [3.05, 3.63) is 93.5 Å². The van der Waals surface area contributed by atoms with E-state index in [9.17, 15) is 14.7 Å². The maximum Gasteiger partial charge on any atom is 0.407 e. The van der Waals surface area contributed by atoms with Crippen LogP contribution in [0, 0.1) is 0 Å². The molecule has 0 saturated carbocycles. The number of rotatable bonds is 7. The lowest BCUT2D eigenvalue weighted by Gasteiger charge is -2.17. The number of halogens is 2. The van der Waals surface area contributed by atoms with Crippen LogP contribution in [0.2, 0.25) is 10.0 Å². The monoisotopic (exact) mass is 469 g/mol. The summed E-state index contributed by atoms with van der Waals surface area (Å²) in [6.07, 6.45) is -0.150. The standard InChI is InChI=1S/C25H21Cl2NO4/c26-21-11-9-15(13-22(21)27)10-12-23(24(29)30)28-25(31)32-14-20-18-7-3-1-5-16(18)17-6-2-4-8-19(17)20/h1-9,11,13,20,23H,10,12,14H2,(H,28,31)(H,29,30). The topological polar surface area (TPSA) is 75.6 Å². The third kappa shape index (κ3) is 4.74. The highest BCUT2D eigenvalue weighted by Crippen LogP contribution is 2.44. The number of nitrogens with one attached hydrogen (secondary N) is 1. The Morgan fingerprint density at radius 3 is 2.16 bits per heavy atom. The third-order valence-corrected chi connectivity index (χ3v) is 6.38. The number of amides is 1. The highest BCUT2D eigenvalue weighted by molar-refractivity contribution is 6.42. The van der Waals surface area contributed by atoms with E-state index in [4.69, 9.17) is 27.9 Å². The van der Waals surface area contributed by atoms with Crippen LogP contribution >= 0.6 is 23.2 Å². The fraction of sp³-hybridized carbons (Fsp3) is 0.200. The predicted molar refractivity (Wildman–Crippen MR) is 124 cm³/mol. The smallest absolute Gasteiger partial charge is 0.407 e. The van der Waals surface area contributed by atoms with Crippen LogP contribution in [0.25, 0.3) is 11.1 Å². The molecule has 0 aliphatic heterocycles. The van der Waals surface area contributed by atoms with E-state index in [0.29, 0.717) is 16.5 Å². The maximum atomic E-state index is 12.4. The molecule has 1 amide bonds. The SMILES string of the molecule is O=C(NC(CCc1ccc(Cl)c(Cl)c1)C(=O)O)OCC1c2ccccc2-c2ccccc21. The van der Waals surface area contributed by atoms with Gasteiger partial charge in [0.05, 0.1) is 10.0 Å². The summed E-state index contributed by atoms with van der Waals surface area (Å²) >= 11 is 11.9. The van der Waals surface area contributed by atoms with E-state index in [2.05, 4.69) is 17.4 Å². The first kappa shape index (κ1) is 22.2. The highest BCUT2D eigenvalue weighted by atomic mass is 35.5. The average molecular weight is 470 g/mol. The van der Waals surface area contributed by atoms with Gasteiger partial charge in [0.1, 0.15) is 12.6 Å². The molecule has 1 aliphatic rings. The van der Waals surface area contributed by atoms with E-state index >= 15 is 0 Å². The van der Waals surface area contributed by atoms with Crippen LogP contribution in [0.1, 0.15) is 29.0 Å². The summed E-state index contributed by atoms with van der Waals surface area (Å²) in [5, 5.41) is 12.8. The van der Waals surface area contributed by atoms with Crippen LogP contribution in [-0.2, 0) is 16.0 Å². The molecule has 0 radical (unpaired) electrons. The van der Waals surface area contributed by atoms with E-state index in [1.165, 1.54) is 0 Å². The lowest BCUT2D eigenvalue weighted by atomic mass is 9.98. The number of carboxylic acids is 1. The van der Waals surface area contributed by atoms with Crippen molar-refractivity contribution >= 4 is 35.3 Å². The Kier molecular flexibility index (Phi) is 6.68. The first-order chi connectivity index (χ1) is 15.4. The number of hydrogen-bond donors (Lipinski definition) is 2. The second kappa shape index (κ2) is 9.63. The zero-order chi connectivity index (χ0) is 22.7. The molecule has 0 bridgehead atoms. The Morgan fingerprint density at radius 2 is 1.56 bits per heavy atom. The van der Waals surface area contributed by atoms with Crippen LogP contribution in [0.5, 0.6) is 0 Å². The van der Waals surface area contributed by atoms with Crippen molar-refractivity contribution in [1.29, 1.82) is 0 Å². The first-order valence-corrected chi connectivity index (χ1v) is 11.0. The average Bonchev–Trinajstić information content (AvgIpc) is 3.11. The van der Waals surface area contributed by atoms with Crippen molar-refractivity contribution in [1.82, 2.24) is 5.32 Å². The Bertz CT molecular complexity index is 1120. The summed E-state index contributed by atoms with van der Waals surface area (Å²) in [6.45, 7) is 0.124. The minimum atomic E-state index is -1.13. The van der Waals surface area contributed by atoms with Gasteiger partial charge in [-0.25, -0.2) is 9.59 Å². The Hall–Kier alpha value is -3.02. The molecule has 1 atom stereocenters. The van der Waals surface area contributed by atoms with Crippen molar-refractivity contribution in [3.8, 4) is 11.1 Å². The largest absolute Gasteiger partial charge is 0.480 e. The Morgan fingerprint density at radius 1 is 0.938 bits per heavy atom. The zero-order valence-electron chi connectivity index (χ0n) is 17.1. The molecular weight excluding hydrogens is 449 g/mol. The summed E-state index contributed by atoms with van der Waals surface area (Å²) in [7, 11) is 0. The number of carboxylic acid groups (broad SMARTS) is 1. The molecule has 0 spiro atoms. The lowest BCUT2D eigenvalue weighted by molar-refractivity contribution is -0.139. The van der Waals surface area contributed by atoms with Gasteiger partial charge in [0, 0.05) is 5.92 Å². The van der Waals surface area contributed by atoms with Gasteiger partial charge in [-0.05, 0) is 52.8 Å². The highest BCUT2D eigenvalue weighted by Gasteiger charge is 2.29. The lowest BCUT2D eigenvalue weighted by Crippen LogP contribution is -2.41. The van der Waals surface area contributed by atoms with Crippen molar-refractivity contribution in [2.24, 2.45) is 0 Å². The fourth-order valence-electron chi connectivity index (χ4n) is 4.05. The summed E-state index contributed by atoms with van der Waals surface area (Å²) in [5.41, 5.74) is 5.27. The van der Waals surface area contributed by atoms with E-state index in [0.717, 1.165) is 27.8 Å². The quantitative estimate of drug-likeness (QED) is 0.450. The number of hydrogen-bond acceptors (Lipinski definition) is 3. The van der Waals surface area contributed by atoms with Gasteiger partial charge >= 0.3 is 12.1 Å². The zero-order valence-corrected chi connectivity index (χ0v) is 18.6. The molecule has 4 rings (SSSR count). The van der Waals surface area contributed by atoms with Gasteiger partial charge in [0.25, 0.3) is 0 Å². The van der Waals surface area contributed by atoms with Crippen molar-refractivity contribution in [3.63, 3.8) is 0 Å². The van der Waals surface area contributed by atoms with Gasteiger partial charge in [-0.15, -0.1) is 0 Å². The van der Waals surface area contributed by atoms with E-state index < -0.39 is 18.1 Å². The molecule has 32 heavy (non-hydrogen) atoms. The van der Waals surface area contributed by atoms with E-state index in [-0.39, 0.29) is 18.9 Å².